The lowest BCUT2D eigenvalue weighted by Crippen LogP contribution is -2.18. The third-order valence-electron chi connectivity index (χ3n) is 4.89. The van der Waals surface area contributed by atoms with Gasteiger partial charge in [-0.05, 0) is 86.5 Å². The molecule has 34 heavy (non-hydrogen) atoms. The van der Waals surface area contributed by atoms with Gasteiger partial charge in [-0.1, -0.05) is 0 Å². The molecule has 2 N–H and O–H groups in total. The van der Waals surface area contributed by atoms with Crippen LogP contribution < -0.4 is 10.1 Å². The van der Waals surface area contributed by atoms with E-state index in [1.165, 1.54) is 42.5 Å². The summed E-state index contributed by atoms with van der Waals surface area (Å²) in [5, 5.41) is 12.8. The topological polar surface area (TPSA) is 102 Å². The fraction of sp³-hybridized carbons (Fsp3) is 0.192. The van der Waals surface area contributed by atoms with Crippen molar-refractivity contribution in [3.8, 4) is 17.2 Å². The van der Waals surface area contributed by atoms with Gasteiger partial charge in [0.05, 0.1) is 12.2 Å². The average Bonchev–Trinajstić information content (AvgIpc) is 2.77. The highest BCUT2D eigenvalue weighted by molar-refractivity contribution is 6.10. The number of amides is 1. The minimum absolute atomic E-state index is 0.0160. The number of halogens is 1. The molecule has 3 aromatic rings. The monoisotopic (exact) mass is 465 g/mol. The predicted molar refractivity (Wildman–Crippen MR) is 124 cm³/mol. The van der Waals surface area contributed by atoms with Crippen molar-refractivity contribution in [2.45, 2.75) is 27.2 Å². The summed E-state index contributed by atoms with van der Waals surface area (Å²) < 4.78 is 23.9. The van der Waals surface area contributed by atoms with E-state index in [4.69, 9.17) is 9.47 Å². The van der Waals surface area contributed by atoms with Crippen molar-refractivity contribution in [3.05, 3.63) is 82.7 Å². The molecule has 0 saturated heterocycles. The molecule has 0 aromatic heterocycles. The van der Waals surface area contributed by atoms with Gasteiger partial charge in [-0.3, -0.25) is 14.4 Å². The van der Waals surface area contributed by atoms with Gasteiger partial charge in [0.15, 0.2) is 5.78 Å². The first kappa shape index (κ1) is 24.4. The van der Waals surface area contributed by atoms with Crippen molar-refractivity contribution in [1.82, 2.24) is 0 Å². The molecule has 3 aromatic carbocycles. The maximum Gasteiger partial charge on any atom is 0.315 e. The van der Waals surface area contributed by atoms with Crippen molar-refractivity contribution in [2.24, 2.45) is 0 Å². The van der Waals surface area contributed by atoms with E-state index in [2.05, 4.69) is 5.32 Å². The van der Waals surface area contributed by atoms with Crippen LogP contribution in [0.3, 0.4) is 0 Å². The third-order valence-corrected chi connectivity index (χ3v) is 4.89. The number of aromatic hydroxyl groups is 1. The van der Waals surface area contributed by atoms with Crippen LogP contribution in [0, 0.1) is 19.7 Å². The molecule has 0 bridgehead atoms. The number of anilines is 1. The van der Waals surface area contributed by atoms with Crippen LogP contribution in [0.5, 0.6) is 17.2 Å². The summed E-state index contributed by atoms with van der Waals surface area (Å²) in [5.74, 6) is -1.45. The summed E-state index contributed by atoms with van der Waals surface area (Å²) in [5.41, 5.74) is 2.14. The Morgan fingerprint density at radius 3 is 2.24 bits per heavy atom. The first-order valence-electron chi connectivity index (χ1n) is 10.6. The Morgan fingerprint density at radius 1 is 0.971 bits per heavy atom. The lowest BCUT2D eigenvalue weighted by atomic mass is 10.0. The highest BCUT2D eigenvalue weighted by Gasteiger charge is 2.17. The van der Waals surface area contributed by atoms with Gasteiger partial charge in [-0.2, -0.15) is 0 Å². The van der Waals surface area contributed by atoms with Crippen LogP contribution in [-0.4, -0.2) is 29.4 Å². The number of carbonyl (C=O) groups excluding carboxylic acids is 3. The molecule has 1 amide bonds. The van der Waals surface area contributed by atoms with Gasteiger partial charge in [0, 0.05) is 11.3 Å². The average molecular weight is 465 g/mol. The van der Waals surface area contributed by atoms with E-state index in [-0.39, 0.29) is 29.9 Å². The smallest absolute Gasteiger partial charge is 0.315 e. The lowest BCUT2D eigenvalue weighted by molar-refractivity contribution is -0.145. The standard InChI is InChI=1S/C26H24FNO6/c1-4-33-24(31)14-23(30)28-19-11-15(2)26(16(3)12-19)34-20-9-10-22(29)21(13-20)25(32)17-5-7-18(27)8-6-17/h5-13,29H,4,14H2,1-3H3,(H,28,30). The van der Waals surface area contributed by atoms with Crippen LogP contribution in [0.25, 0.3) is 0 Å². The van der Waals surface area contributed by atoms with Gasteiger partial charge in [0.1, 0.15) is 29.5 Å². The van der Waals surface area contributed by atoms with E-state index < -0.39 is 23.5 Å². The largest absolute Gasteiger partial charge is 0.507 e. The molecule has 0 spiro atoms. The second-order valence-electron chi connectivity index (χ2n) is 7.59. The number of hydrogen-bond donors (Lipinski definition) is 2. The Bertz CT molecular complexity index is 1210. The molecule has 0 aliphatic heterocycles. The number of carbonyl (C=O) groups is 3. The normalized spacial score (nSPS) is 10.5. The zero-order valence-corrected chi connectivity index (χ0v) is 19.0. The summed E-state index contributed by atoms with van der Waals surface area (Å²) in [6.45, 7) is 5.44. The van der Waals surface area contributed by atoms with Gasteiger partial charge in [0.2, 0.25) is 5.91 Å². The Labute approximate surface area is 196 Å². The summed E-state index contributed by atoms with van der Waals surface area (Å²) >= 11 is 0. The van der Waals surface area contributed by atoms with E-state index in [0.717, 1.165) is 0 Å². The Hall–Kier alpha value is -4.20. The highest BCUT2D eigenvalue weighted by Crippen LogP contribution is 2.34. The quantitative estimate of drug-likeness (QED) is 0.274. The Kier molecular flexibility index (Phi) is 7.63. The molecule has 7 nitrogen and oxygen atoms in total. The number of esters is 1. The minimum atomic E-state index is -0.605. The Morgan fingerprint density at radius 2 is 1.62 bits per heavy atom. The summed E-state index contributed by atoms with van der Waals surface area (Å²) in [6, 6.07) is 12.7. The van der Waals surface area contributed by atoms with Crippen LogP contribution in [0.15, 0.2) is 54.6 Å². The number of ether oxygens (including phenoxy) is 2. The molecule has 0 atom stereocenters. The number of ketones is 1. The van der Waals surface area contributed by atoms with E-state index >= 15 is 0 Å². The van der Waals surface area contributed by atoms with Gasteiger partial charge < -0.3 is 19.9 Å². The first-order chi connectivity index (χ1) is 16.2. The minimum Gasteiger partial charge on any atom is -0.507 e. The van der Waals surface area contributed by atoms with Crippen molar-refractivity contribution in [2.75, 3.05) is 11.9 Å². The second kappa shape index (κ2) is 10.6. The molecular formula is C26H24FNO6. The second-order valence-corrected chi connectivity index (χ2v) is 7.59. The van der Waals surface area contributed by atoms with Crippen LogP contribution in [0.4, 0.5) is 10.1 Å². The molecule has 0 aliphatic rings. The predicted octanol–water partition coefficient (Wildman–Crippen LogP) is 5.06. The van der Waals surface area contributed by atoms with Crippen LogP contribution in [-0.2, 0) is 14.3 Å². The highest BCUT2D eigenvalue weighted by atomic mass is 19.1. The van der Waals surface area contributed by atoms with E-state index in [1.54, 1.807) is 32.9 Å². The van der Waals surface area contributed by atoms with Crippen molar-refractivity contribution >= 4 is 23.3 Å². The Balaban J connectivity index is 1.79. The van der Waals surface area contributed by atoms with Crippen molar-refractivity contribution in [1.29, 1.82) is 0 Å². The molecular weight excluding hydrogens is 441 g/mol. The van der Waals surface area contributed by atoms with Gasteiger partial charge >= 0.3 is 5.97 Å². The molecule has 0 unspecified atom stereocenters. The molecule has 8 heteroatoms. The molecule has 0 radical (unpaired) electrons. The van der Waals surface area contributed by atoms with Crippen molar-refractivity contribution < 1.29 is 33.4 Å². The molecule has 0 heterocycles. The number of phenolic OH excluding ortho intramolecular Hbond substituents is 1. The number of aryl methyl sites for hydroxylation is 2. The first-order valence-corrected chi connectivity index (χ1v) is 10.6. The maximum atomic E-state index is 13.2. The summed E-state index contributed by atoms with van der Waals surface area (Å²) in [4.78, 5) is 36.3. The lowest BCUT2D eigenvalue weighted by Gasteiger charge is -2.15. The molecule has 176 valence electrons. The van der Waals surface area contributed by atoms with Crippen LogP contribution >= 0.6 is 0 Å². The number of benzene rings is 3. The molecule has 0 aliphatic carbocycles. The molecule has 0 fully saturated rings. The number of phenols is 1. The van der Waals surface area contributed by atoms with Crippen LogP contribution in [0.1, 0.15) is 40.4 Å². The van der Waals surface area contributed by atoms with Crippen molar-refractivity contribution in [3.63, 3.8) is 0 Å². The van der Waals surface area contributed by atoms with E-state index in [1.807, 2.05) is 0 Å². The van der Waals surface area contributed by atoms with E-state index in [0.29, 0.717) is 28.3 Å². The molecule has 3 rings (SSSR count). The van der Waals surface area contributed by atoms with Gasteiger partial charge in [0.25, 0.3) is 0 Å². The van der Waals surface area contributed by atoms with Gasteiger partial charge in [-0.25, -0.2) is 4.39 Å². The zero-order valence-electron chi connectivity index (χ0n) is 19.0. The van der Waals surface area contributed by atoms with E-state index in [9.17, 15) is 23.9 Å². The summed E-state index contributed by atoms with van der Waals surface area (Å²) in [7, 11) is 0. The fourth-order valence-electron chi connectivity index (χ4n) is 3.37. The fourth-order valence-corrected chi connectivity index (χ4v) is 3.37. The maximum absolute atomic E-state index is 13.2. The SMILES string of the molecule is CCOC(=O)CC(=O)Nc1cc(C)c(Oc2ccc(O)c(C(=O)c3ccc(F)cc3)c2)c(C)c1. The number of rotatable bonds is 8. The summed E-state index contributed by atoms with van der Waals surface area (Å²) in [6.07, 6.45) is -0.386. The number of nitrogens with one attached hydrogen (secondary N) is 1. The van der Waals surface area contributed by atoms with Gasteiger partial charge in [-0.15, -0.1) is 0 Å². The van der Waals surface area contributed by atoms with Crippen LogP contribution in [0.2, 0.25) is 0 Å². The number of hydrogen-bond acceptors (Lipinski definition) is 6. The molecule has 0 saturated carbocycles. The third kappa shape index (κ3) is 5.98. The zero-order chi connectivity index (χ0) is 24.8.